The van der Waals surface area contributed by atoms with Crippen molar-refractivity contribution in [3.05, 3.63) is 35.0 Å². The Bertz CT molecular complexity index is 411. The molecule has 3 nitrogen and oxygen atoms in total. The average Bonchev–Trinajstić information content (AvgIpc) is 2.56. The molecule has 2 aromatic heterocycles. The molecule has 0 bridgehead atoms. The fourth-order valence-corrected chi connectivity index (χ4v) is 1.48. The number of aromatic nitrogens is 3. The zero-order chi connectivity index (χ0) is 9.26. The van der Waals surface area contributed by atoms with Gasteiger partial charge in [0.15, 0.2) is 0 Å². The monoisotopic (exact) mass is 213 g/mol. The molecule has 0 aliphatic heterocycles. The van der Waals surface area contributed by atoms with Crippen molar-refractivity contribution in [2.75, 3.05) is 0 Å². The summed E-state index contributed by atoms with van der Waals surface area (Å²) < 4.78 is 0. The first-order chi connectivity index (χ1) is 6.27. The van der Waals surface area contributed by atoms with E-state index in [1.807, 2.05) is 0 Å². The van der Waals surface area contributed by atoms with Gasteiger partial charge < -0.3 is 4.98 Å². The minimum absolute atomic E-state index is 0.383. The summed E-state index contributed by atoms with van der Waals surface area (Å²) in [5.41, 5.74) is 1.62. The van der Waals surface area contributed by atoms with Crippen LogP contribution >= 0.6 is 23.2 Å². The van der Waals surface area contributed by atoms with Crippen molar-refractivity contribution in [1.29, 1.82) is 0 Å². The van der Waals surface area contributed by atoms with E-state index >= 15 is 0 Å². The number of H-pyrrole nitrogens is 1. The van der Waals surface area contributed by atoms with Crippen molar-refractivity contribution in [3.63, 3.8) is 0 Å². The third-order valence-electron chi connectivity index (χ3n) is 1.61. The molecule has 2 aromatic rings. The topological polar surface area (TPSA) is 41.6 Å². The molecule has 0 atom stereocenters. The molecule has 1 N–H and O–H groups in total. The normalized spacial score (nSPS) is 10.3. The van der Waals surface area contributed by atoms with Crippen molar-refractivity contribution in [2.24, 2.45) is 0 Å². The van der Waals surface area contributed by atoms with Gasteiger partial charge in [0.1, 0.15) is 5.15 Å². The van der Waals surface area contributed by atoms with Crippen molar-refractivity contribution in [1.82, 2.24) is 15.0 Å². The number of rotatable bonds is 1. The molecule has 2 rings (SSSR count). The van der Waals surface area contributed by atoms with E-state index in [-0.39, 0.29) is 0 Å². The Balaban J connectivity index is 2.53. The lowest BCUT2D eigenvalue weighted by Gasteiger charge is -1.99. The van der Waals surface area contributed by atoms with Gasteiger partial charge in [0.25, 0.3) is 0 Å². The van der Waals surface area contributed by atoms with Gasteiger partial charge in [0, 0.05) is 11.8 Å². The van der Waals surface area contributed by atoms with Gasteiger partial charge >= 0.3 is 0 Å². The van der Waals surface area contributed by atoms with Crippen LogP contribution < -0.4 is 0 Å². The van der Waals surface area contributed by atoms with Crippen LogP contribution in [0.2, 0.25) is 10.2 Å². The first kappa shape index (κ1) is 8.53. The highest BCUT2D eigenvalue weighted by Crippen LogP contribution is 2.26. The molecule has 0 unspecified atom stereocenters. The maximum absolute atomic E-state index is 5.95. The number of imidazole rings is 1. The minimum Gasteiger partial charge on any atom is -0.345 e. The highest BCUT2D eigenvalue weighted by molar-refractivity contribution is 6.35. The second-order valence-corrected chi connectivity index (χ2v) is 3.25. The van der Waals surface area contributed by atoms with Crippen molar-refractivity contribution < 1.29 is 0 Å². The summed E-state index contributed by atoms with van der Waals surface area (Å²) in [5, 5.41) is 0.942. The van der Waals surface area contributed by atoms with E-state index in [1.165, 1.54) is 0 Å². The van der Waals surface area contributed by atoms with Gasteiger partial charge in [-0.3, -0.25) is 0 Å². The molecule has 0 aromatic carbocycles. The number of halogens is 2. The highest BCUT2D eigenvalue weighted by Gasteiger charge is 2.05. The van der Waals surface area contributed by atoms with Crippen LogP contribution in [0.5, 0.6) is 0 Å². The lowest BCUT2D eigenvalue weighted by atomic mass is 10.2. The molecular formula is C8H5Cl2N3. The van der Waals surface area contributed by atoms with Crippen LogP contribution in [0.25, 0.3) is 11.3 Å². The van der Waals surface area contributed by atoms with Gasteiger partial charge in [0.2, 0.25) is 0 Å². The van der Waals surface area contributed by atoms with E-state index in [9.17, 15) is 0 Å². The molecule has 0 spiro atoms. The van der Waals surface area contributed by atoms with Crippen LogP contribution in [0.15, 0.2) is 24.8 Å². The van der Waals surface area contributed by atoms with Gasteiger partial charge in [-0.05, 0) is 6.07 Å². The number of nitrogens with zero attached hydrogens (tertiary/aromatic N) is 2. The van der Waals surface area contributed by atoms with Gasteiger partial charge in [-0.15, -0.1) is 0 Å². The summed E-state index contributed by atoms with van der Waals surface area (Å²) in [7, 11) is 0. The van der Waals surface area contributed by atoms with E-state index in [4.69, 9.17) is 23.2 Å². The van der Waals surface area contributed by atoms with E-state index < -0.39 is 0 Å². The Morgan fingerprint density at radius 2 is 2.08 bits per heavy atom. The molecule has 2 heterocycles. The van der Waals surface area contributed by atoms with Gasteiger partial charge in [-0.2, -0.15) is 0 Å². The zero-order valence-corrected chi connectivity index (χ0v) is 7.97. The molecule has 0 aliphatic rings. The molecular weight excluding hydrogens is 209 g/mol. The SMILES string of the molecule is Clc1cc(Cl)c(-c2cnc[nH]2)cn1. The summed E-state index contributed by atoms with van der Waals surface area (Å²) >= 11 is 11.6. The maximum atomic E-state index is 5.95. The number of aromatic amines is 1. The average molecular weight is 214 g/mol. The molecule has 66 valence electrons. The summed E-state index contributed by atoms with van der Waals surface area (Å²) in [5.74, 6) is 0. The molecule has 0 saturated carbocycles. The molecule has 0 saturated heterocycles. The van der Waals surface area contributed by atoms with Crippen molar-refractivity contribution >= 4 is 23.2 Å². The number of hydrogen-bond acceptors (Lipinski definition) is 2. The third-order valence-corrected chi connectivity index (χ3v) is 2.13. The Kier molecular flexibility index (Phi) is 2.20. The number of pyridine rings is 1. The summed E-state index contributed by atoms with van der Waals surface area (Å²) in [4.78, 5) is 10.8. The van der Waals surface area contributed by atoms with Gasteiger partial charge in [-0.1, -0.05) is 23.2 Å². The predicted molar refractivity (Wildman–Crippen MR) is 51.8 cm³/mol. The van der Waals surface area contributed by atoms with Gasteiger partial charge in [0.05, 0.1) is 23.2 Å². The lowest BCUT2D eigenvalue weighted by Crippen LogP contribution is -1.82. The van der Waals surface area contributed by atoms with E-state index in [0.717, 1.165) is 11.3 Å². The smallest absolute Gasteiger partial charge is 0.130 e. The fraction of sp³-hybridized carbons (Fsp3) is 0. The fourth-order valence-electron chi connectivity index (χ4n) is 1.01. The highest BCUT2D eigenvalue weighted by atomic mass is 35.5. The van der Waals surface area contributed by atoms with E-state index in [2.05, 4.69) is 15.0 Å². The first-order valence-electron chi connectivity index (χ1n) is 3.57. The Morgan fingerprint density at radius 3 is 2.69 bits per heavy atom. The second kappa shape index (κ2) is 3.36. The van der Waals surface area contributed by atoms with Gasteiger partial charge in [-0.25, -0.2) is 9.97 Å². The Hall–Kier alpha value is -1.06. The quantitative estimate of drug-likeness (QED) is 0.741. The number of hydrogen-bond donors (Lipinski definition) is 1. The molecule has 0 radical (unpaired) electrons. The number of nitrogens with one attached hydrogen (secondary N) is 1. The van der Waals surface area contributed by atoms with Crippen LogP contribution in [-0.4, -0.2) is 15.0 Å². The predicted octanol–water partition coefficient (Wildman–Crippen LogP) is 2.78. The lowest BCUT2D eigenvalue weighted by molar-refractivity contribution is 1.29. The largest absolute Gasteiger partial charge is 0.345 e. The maximum Gasteiger partial charge on any atom is 0.130 e. The molecule has 0 fully saturated rings. The van der Waals surface area contributed by atoms with E-state index in [1.54, 1.807) is 24.8 Å². The third kappa shape index (κ3) is 1.66. The van der Waals surface area contributed by atoms with Crippen LogP contribution in [-0.2, 0) is 0 Å². The summed E-state index contributed by atoms with van der Waals surface area (Å²) in [6.07, 6.45) is 4.87. The second-order valence-electron chi connectivity index (χ2n) is 2.45. The standard InChI is InChI=1S/C8H5Cl2N3/c9-6-1-8(10)12-2-5(6)7-3-11-4-13-7/h1-4H,(H,11,13). The Labute approximate surface area is 84.7 Å². The summed E-state index contributed by atoms with van der Waals surface area (Å²) in [6.45, 7) is 0. The van der Waals surface area contributed by atoms with Crippen LogP contribution in [0.3, 0.4) is 0 Å². The van der Waals surface area contributed by atoms with Crippen LogP contribution in [0, 0.1) is 0 Å². The first-order valence-corrected chi connectivity index (χ1v) is 4.33. The van der Waals surface area contributed by atoms with E-state index in [0.29, 0.717) is 10.2 Å². The molecule has 5 heteroatoms. The van der Waals surface area contributed by atoms with Crippen LogP contribution in [0.4, 0.5) is 0 Å². The molecule has 13 heavy (non-hydrogen) atoms. The Morgan fingerprint density at radius 1 is 1.23 bits per heavy atom. The van der Waals surface area contributed by atoms with Crippen molar-refractivity contribution in [3.8, 4) is 11.3 Å². The molecule has 0 aliphatic carbocycles. The van der Waals surface area contributed by atoms with Crippen molar-refractivity contribution in [2.45, 2.75) is 0 Å². The zero-order valence-electron chi connectivity index (χ0n) is 6.46. The van der Waals surface area contributed by atoms with Crippen LogP contribution in [0.1, 0.15) is 0 Å². The summed E-state index contributed by atoms with van der Waals surface area (Å²) in [6, 6.07) is 1.60. The minimum atomic E-state index is 0.383. The molecule has 0 amide bonds.